The van der Waals surface area contributed by atoms with Gasteiger partial charge in [-0.1, -0.05) is 6.92 Å². The van der Waals surface area contributed by atoms with E-state index in [0.29, 0.717) is 25.2 Å². The number of carbonyl (C=O) groups is 1. The molecule has 6 heteroatoms. The van der Waals surface area contributed by atoms with Crippen LogP contribution >= 0.6 is 0 Å². The Morgan fingerprint density at radius 3 is 2.89 bits per heavy atom. The summed E-state index contributed by atoms with van der Waals surface area (Å²) in [5, 5.41) is 11.2. The van der Waals surface area contributed by atoms with Gasteiger partial charge in [0.05, 0.1) is 18.3 Å². The number of nitrogen functional groups attached to an aromatic ring is 1. The molecule has 0 unspecified atom stereocenters. The van der Waals surface area contributed by atoms with Crippen molar-refractivity contribution in [3.8, 4) is 6.07 Å². The van der Waals surface area contributed by atoms with Crippen molar-refractivity contribution in [2.45, 2.75) is 13.3 Å². The maximum atomic E-state index is 13.0. The van der Waals surface area contributed by atoms with Gasteiger partial charge in [-0.15, -0.1) is 0 Å². The number of nitrogens with zero attached hydrogens (tertiary/aromatic N) is 2. The minimum Gasteiger partial charge on any atom is -0.396 e. The zero-order valence-electron chi connectivity index (χ0n) is 10.8. The summed E-state index contributed by atoms with van der Waals surface area (Å²) in [7, 11) is 0. The van der Waals surface area contributed by atoms with Gasteiger partial charge in [-0.3, -0.25) is 9.69 Å². The third-order valence-corrected chi connectivity index (χ3v) is 2.63. The number of nitriles is 1. The summed E-state index contributed by atoms with van der Waals surface area (Å²) in [6.45, 7) is 3.34. The van der Waals surface area contributed by atoms with Gasteiger partial charge in [-0.2, -0.15) is 5.26 Å². The molecule has 3 N–H and O–H groups in total. The van der Waals surface area contributed by atoms with E-state index in [-0.39, 0.29) is 18.1 Å². The number of nitrogens with one attached hydrogen (secondary N) is 1. The average molecular weight is 264 g/mol. The SMILES string of the molecule is CCN(CCC#N)CC(=O)Nc1ccc(F)c(N)c1. The van der Waals surface area contributed by atoms with Crippen LogP contribution in [0.4, 0.5) is 15.8 Å². The van der Waals surface area contributed by atoms with Crippen molar-refractivity contribution in [1.29, 1.82) is 5.26 Å². The summed E-state index contributed by atoms with van der Waals surface area (Å²) in [4.78, 5) is 13.6. The van der Waals surface area contributed by atoms with Gasteiger partial charge in [0, 0.05) is 18.7 Å². The summed E-state index contributed by atoms with van der Waals surface area (Å²) < 4.78 is 13.0. The summed E-state index contributed by atoms with van der Waals surface area (Å²) in [5.74, 6) is -0.729. The lowest BCUT2D eigenvalue weighted by atomic mass is 10.2. The fourth-order valence-corrected chi connectivity index (χ4v) is 1.58. The van der Waals surface area contributed by atoms with Gasteiger partial charge in [0.2, 0.25) is 5.91 Å². The average Bonchev–Trinajstić information content (AvgIpc) is 2.38. The highest BCUT2D eigenvalue weighted by Crippen LogP contribution is 2.16. The fourth-order valence-electron chi connectivity index (χ4n) is 1.58. The van der Waals surface area contributed by atoms with E-state index in [1.54, 1.807) is 0 Å². The minimum atomic E-state index is -0.512. The van der Waals surface area contributed by atoms with Crippen LogP contribution in [0.2, 0.25) is 0 Å². The quantitative estimate of drug-likeness (QED) is 0.764. The first kappa shape index (κ1) is 14.9. The highest BCUT2D eigenvalue weighted by atomic mass is 19.1. The smallest absolute Gasteiger partial charge is 0.238 e. The highest BCUT2D eigenvalue weighted by Gasteiger charge is 2.09. The number of halogens is 1. The zero-order valence-corrected chi connectivity index (χ0v) is 10.8. The third kappa shape index (κ3) is 4.94. The molecule has 0 heterocycles. The molecule has 19 heavy (non-hydrogen) atoms. The maximum Gasteiger partial charge on any atom is 0.238 e. The van der Waals surface area contributed by atoms with Crippen LogP contribution in [0.25, 0.3) is 0 Å². The first-order chi connectivity index (χ1) is 9.06. The van der Waals surface area contributed by atoms with E-state index in [9.17, 15) is 9.18 Å². The molecule has 0 saturated carbocycles. The molecule has 0 aromatic heterocycles. The molecule has 1 aromatic rings. The Labute approximate surface area is 111 Å². The van der Waals surface area contributed by atoms with Crippen molar-refractivity contribution < 1.29 is 9.18 Å². The second-order valence-corrected chi connectivity index (χ2v) is 4.06. The third-order valence-electron chi connectivity index (χ3n) is 2.63. The Kier molecular flexibility index (Phi) is 5.76. The van der Waals surface area contributed by atoms with Crippen LogP contribution in [0, 0.1) is 17.1 Å². The van der Waals surface area contributed by atoms with E-state index in [2.05, 4.69) is 5.32 Å². The number of benzene rings is 1. The van der Waals surface area contributed by atoms with Crippen molar-refractivity contribution in [3.63, 3.8) is 0 Å². The lowest BCUT2D eigenvalue weighted by Crippen LogP contribution is -2.33. The van der Waals surface area contributed by atoms with Crippen LogP contribution in [-0.2, 0) is 4.79 Å². The molecule has 5 nitrogen and oxygen atoms in total. The molecule has 1 amide bonds. The zero-order chi connectivity index (χ0) is 14.3. The number of nitrogens with two attached hydrogens (primary N) is 1. The van der Waals surface area contributed by atoms with Crippen molar-refractivity contribution in [2.24, 2.45) is 0 Å². The normalized spacial score (nSPS) is 10.2. The molecule has 0 spiro atoms. The van der Waals surface area contributed by atoms with Crippen LogP contribution in [0.15, 0.2) is 18.2 Å². The van der Waals surface area contributed by atoms with Crippen LogP contribution in [0.1, 0.15) is 13.3 Å². The largest absolute Gasteiger partial charge is 0.396 e. The van der Waals surface area contributed by atoms with E-state index in [0.717, 1.165) is 0 Å². The standard InChI is InChI=1S/C13H17FN4O/c1-2-18(7-3-6-15)9-13(19)17-10-4-5-11(14)12(16)8-10/h4-5,8H,2-3,7,9,16H2,1H3,(H,17,19). The van der Waals surface area contributed by atoms with Gasteiger partial charge in [0.25, 0.3) is 0 Å². The van der Waals surface area contributed by atoms with Crippen molar-refractivity contribution in [1.82, 2.24) is 4.90 Å². The molecule has 0 aliphatic heterocycles. The number of anilines is 2. The van der Waals surface area contributed by atoms with Crippen molar-refractivity contribution in [3.05, 3.63) is 24.0 Å². The predicted molar refractivity (Wildman–Crippen MR) is 71.8 cm³/mol. The summed E-state index contributed by atoms with van der Waals surface area (Å²) in [6, 6.07) is 6.07. The molecule has 0 radical (unpaired) electrons. The first-order valence-corrected chi connectivity index (χ1v) is 6.01. The summed E-state index contributed by atoms with van der Waals surface area (Å²) in [6.07, 6.45) is 0.380. The fraction of sp³-hybridized carbons (Fsp3) is 0.385. The molecule has 0 aliphatic carbocycles. The Balaban J connectivity index is 2.54. The topological polar surface area (TPSA) is 82.2 Å². The second-order valence-electron chi connectivity index (χ2n) is 4.06. The second kappa shape index (κ2) is 7.34. The van der Waals surface area contributed by atoms with E-state index in [4.69, 9.17) is 11.0 Å². The molecule has 1 rings (SSSR count). The molecule has 102 valence electrons. The number of rotatable bonds is 6. The lowest BCUT2D eigenvalue weighted by molar-refractivity contribution is -0.117. The van der Waals surface area contributed by atoms with Crippen LogP contribution < -0.4 is 11.1 Å². The number of carbonyl (C=O) groups excluding carboxylic acids is 1. The molecule has 0 bridgehead atoms. The van der Waals surface area contributed by atoms with Crippen molar-refractivity contribution in [2.75, 3.05) is 30.7 Å². The maximum absolute atomic E-state index is 13.0. The first-order valence-electron chi connectivity index (χ1n) is 6.01. The number of amides is 1. The van der Waals surface area contributed by atoms with Crippen LogP contribution in [-0.4, -0.2) is 30.4 Å². The van der Waals surface area contributed by atoms with Gasteiger partial charge < -0.3 is 11.1 Å². The van der Waals surface area contributed by atoms with E-state index < -0.39 is 5.82 Å². The Hall–Kier alpha value is -2.13. The molecule has 0 fully saturated rings. The number of hydrogen-bond donors (Lipinski definition) is 2. The van der Waals surface area contributed by atoms with Gasteiger partial charge >= 0.3 is 0 Å². The van der Waals surface area contributed by atoms with Crippen LogP contribution in [0.3, 0.4) is 0 Å². The summed E-state index contributed by atoms with van der Waals surface area (Å²) >= 11 is 0. The number of likely N-dealkylation sites (N-methyl/N-ethyl adjacent to an activating group) is 1. The van der Waals surface area contributed by atoms with E-state index in [1.165, 1.54) is 18.2 Å². The Morgan fingerprint density at radius 2 is 2.32 bits per heavy atom. The highest BCUT2D eigenvalue weighted by molar-refractivity contribution is 5.92. The van der Waals surface area contributed by atoms with Gasteiger partial charge in [0.1, 0.15) is 5.82 Å². The number of hydrogen-bond acceptors (Lipinski definition) is 4. The molecule has 0 saturated heterocycles. The molecular formula is C13H17FN4O. The predicted octanol–water partition coefficient (Wildman–Crippen LogP) is 1.58. The molecular weight excluding hydrogens is 247 g/mol. The van der Waals surface area contributed by atoms with E-state index in [1.807, 2.05) is 17.9 Å². The monoisotopic (exact) mass is 264 g/mol. The summed E-state index contributed by atoms with van der Waals surface area (Å²) in [5.41, 5.74) is 5.87. The molecule has 0 aliphatic rings. The van der Waals surface area contributed by atoms with E-state index >= 15 is 0 Å². The lowest BCUT2D eigenvalue weighted by Gasteiger charge is -2.18. The Morgan fingerprint density at radius 1 is 1.58 bits per heavy atom. The van der Waals surface area contributed by atoms with Crippen molar-refractivity contribution >= 4 is 17.3 Å². The van der Waals surface area contributed by atoms with Crippen LogP contribution in [0.5, 0.6) is 0 Å². The molecule has 1 aromatic carbocycles. The molecule has 0 atom stereocenters. The van der Waals surface area contributed by atoms with Gasteiger partial charge in [0.15, 0.2) is 0 Å². The Bertz CT molecular complexity index is 484. The minimum absolute atomic E-state index is 0.00497. The van der Waals surface area contributed by atoms with Gasteiger partial charge in [-0.25, -0.2) is 4.39 Å². The van der Waals surface area contributed by atoms with Gasteiger partial charge in [-0.05, 0) is 24.7 Å².